The predicted molar refractivity (Wildman–Crippen MR) is 117 cm³/mol. The molecule has 1 saturated carbocycles. The summed E-state index contributed by atoms with van der Waals surface area (Å²) in [6.07, 6.45) is 2.10. The van der Waals surface area contributed by atoms with Gasteiger partial charge in [-0.25, -0.2) is 9.59 Å². The third-order valence-electron chi connectivity index (χ3n) is 4.95. The molecule has 2 rings (SSSR count). The highest BCUT2D eigenvalue weighted by Crippen LogP contribution is 2.48. The van der Waals surface area contributed by atoms with Crippen molar-refractivity contribution >= 4 is 18.0 Å². The van der Waals surface area contributed by atoms with E-state index in [1.165, 1.54) is 0 Å². The molecule has 0 aromatic heterocycles. The van der Waals surface area contributed by atoms with E-state index in [-0.39, 0.29) is 24.2 Å². The van der Waals surface area contributed by atoms with E-state index in [0.717, 1.165) is 30.4 Å². The summed E-state index contributed by atoms with van der Waals surface area (Å²) in [5, 5.41) is 2.64. The average molecular weight is 434 g/mol. The van der Waals surface area contributed by atoms with Gasteiger partial charge in [-0.05, 0) is 57.6 Å². The van der Waals surface area contributed by atoms with Crippen molar-refractivity contribution in [3.63, 3.8) is 0 Å². The Kier molecular flexibility index (Phi) is 8.89. The van der Waals surface area contributed by atoms with Crippen molar-refractivity contribution in [3.8, 4) is 0 Å². The normalized spacial score (nSPS) is 18.6. The van der Waals surface area contributed by atoms with Gasteiger partial charge in [0.1, 0.15) is 11.6 Å². The first-order valence-electron chi connectivity index (χ1n) is 11.1. The molecule has 1 amide bonds. The van der Waals surface area contributed by atoms with Gasteiger partial charge in [0, 0.05) is 6.42 Å². The van der Waals surface area contributed by atoms with Gasteiger partial charge >= 0.3 is 18.0 Å². The molecule has 3 atom stereocenters. The van der Waals surface area contributed by atoms with Crippen molar-refractivity contribution < 1.29 is 28.6 Å². The van der Waals surface area contributed by atoms with Crippen LogP contribution in [0.15, 0.2) is 24.3 Å². The number of amides is 1. The molecule has 1 aromatic rings. The van der Waals surface area contributed by atoms with Crippen LogP contribution >= 0.6 is 0 Å². The van der Waals surface area contributed by atoms with Gasteiger partial charge in [-0.15, -0.1) is 0 Å². The van der Waals surface area contributed by atoms with E-state index in [1.54, 1.807) is 27.7 Å². The van der Waals surface area contributed by atoms with Crippen LogP contribution in [0.2, 0.25) is 0 Å². The predicted octanol–water partition coefficient (Wildman–Crippen LogP) is 4.13. The van der Waals surface area contributed by atoms with E-state index >= 15 is 0 Å². The number of hydrogen-bond donors (Lipinski definition) is 1. The SMILES string of the molecule is CCCCOC(=O)[C@H](Cc1ccc(C2CC2C(=O)OCC)cc1)NC(=O)OC(C)(C)C. The molecule has 31 heavy (non-hydrogen) atoms. The Morgan fingerprint density at radius 3 is 2.35 bits per heavy atom. The van der Waals surface area contributed by atoms with Crippen LogP contribution in [0.5, 0.6) is 0 Å². The number of carbonyl (C=O) groups excluding carboxylic acids is 3. The molecule has 1 aliphatic rings. The number of esters is 2. The first-order chi connectivity index (χ1) is 14.6. The largest absolute Gasteiger partial charge is 0.466 e. The van der Waals surface area contributed by atoms with Gasteiger partial charge in [-0.3, -0.25) is 4.79 Å². The zero-order valence-corrected chi connectivity index (χ0v) is 19.2. The van der Waals surface area contributed by atoms with E-state index in [9.17, 15) is 14.4 Å². The average Bonchev–Trinajstić information content (AvgIpc) is 3.48. The topological polar surface area (TPSA) is 90.9 Å². The van der Waals surface area contributed by atoms with Crippen LogP contribution in [-0.4, -0.2) is 42.9 Å². The van der Waals surface area contributed by atoms with Gasteiger partial charge in [-0.1, -0.05) is 37.6 Å². The maximum Gasteiger partial charge on any atom is 0.408 e. The van der Waals surface area contributed by atoms with E-state index in [0.29, 0.717) is 13.2 Å². The standard InChI is InChI=1S/C24H35NO6/c1-6-8-13-30-22(27)20(25-23(28)31-24(3,4)5)14-16-9-11-17(12-10-16)18-15-19(18)21(26)29-7-2/h9-12,18-20H,6-8,13-15H2,1-5H3,(H,25,28)/t18?,19?,20-/m0/s1. The fourth-order valence-corrected chi connectivity index (χ4v) is 3.27. The summed E-state index contributed by atoms with van der Waals surface area (Å²) < 4.78 is 15.7. The quantitative estimate of drug-likeness (QED) is 0.339. The van der Waals surface area contributed by atoms with Gasteiger partial charge in [0.05, 0.1) is 19.1 Å². The molecular formula is C24H35NO6. The zero-order chi connectivity index (χ0) is 23.0. The van der Waals surface area contributed by atoms with E-state index in [4.69, 9.17) is 14.2 Å². The molecule has 0 radical (unpaired) electrons. The van der Waals surface area contributed by atoms with Gasteiger partial charge in [-0.2, -0.15) is 0 Å². The second kappa shape index (κ2) is 11.2. The monoisotopic (exact) mass is 433 g/mol. The highest BCUT2D eigenvalue weighted by molar-refractivity contribution is 5.82. The fourth-order valence-electron chi connectivity index (χ4n) is 3.27. The summed E-state index contributed by atoms with van der Waals surface area (Å²) >= 11 is 0. The van der Waals surface area contributed by atoms with Crippen molar-refractivity contribution in [3.05, 3.63) is 35.4 Å². The number of ether oxygens (including phenoxy) is 3. The number of nitrogens with one attached hydrogen (secondary N) is 1. The molecule has 0 spiro atoms. The molecule has 0 heterocycles. The third kappa shape index (κ3) is 8.23. The lowest BCUT2D eigenvalue weighted by Crippen LogP contribution is -2.45. The molecule has 1 fully saturated rings. The van der Waals surface area contributed by atoms with Crippen LogP contribution in [0.1, 0.15) is 70.9 Å². The van der Waals surface area contributed by atoms with E-state index in [2.05, 4.69) is 5.32 Å². The Balaban J connectivity index is 2.01. The van der Waals surface area contributed by atoms with Crippen molar-refractivity contribution in [2.24, 2.45) is 5.92 Å². The van der Waals surface area contributed by atoms with Crippen LogP contribution < -0.4 is 5.32 Å². The second-order valence-corrected chi connectivity index (χ2v) is 8.87. The van der Waals surface area contributed by atoms with Crippen molar-refractivity contribution in [1.29, 1.82) is 0 Å². The Bertz CT molecular complexity index is 752. The molecule has 0 saturated heterocycles. The molecule has 1 aliphatic carbocycles. The summed E-state index contributed by atoms with van der Waals surface area (Å²) in [5.41, 5.74) is 1.29. The minimum Gasteiger partial charge on any atom is -0.466 e. The number of carbonyl (C=O) groups is 3. The van der Waals surface area contributed by atoms with Crippen molar-refractivity contribution in [1.82, 2.24) is 5.32 Å². The van der Waals surface area contributed by atoms with Crippen LogP contribution in [0.4, 0.5) is 4.79 Å². The van der Waals surface area contributed by atoms with Crippen LogP contribution in [0.25, 0.3) is 0 Å². The Hall–Kier alpha value is -2.57. The number of benzene rings is 1. The molecule has 1 aromatic carbocycles. The van der Waals surface area contributed by atoms with Crippen LogP contribution in [0.3, 0.4) is 0 Å². The van der Waals surface area contributed by atoms with Crippen molar-refractivity contribution in [2.45, 2.75) is 77.9 Å². The summed E-state index contributed by atoms with van der Waals surface area (Å²) in [4.78, 5) is 36.6. The van der Waals surface area contributed by atoms with E-state index < -0.39 is 23.7 Å². The minimum atomic E-state index is -0.842. The summed E-state index contributed by atoms with van der Waals surface area (Å²) in [7, 11) is 0. The fraction of sp³-hybridized carbons (Fsp3) is 0.625. The van der Waals surface area contributed by atoms with Crippen molar-refractivity contribution in [2.75, 3.05) is 13.2 Å². The summed E-state index contributed by atoms with van der Waals surface area (Å²) in [6.45, 7) is 9.82. The molecule has 1 N–H and O–H groups in total. The van der Waals surface area contributed by atoms with Gasteiger partial charge < -0.3 is 19.5 Å². The Morgan fingerprint density at radius 2 is 1.77 bits per heavy atom. The molecule has 7 nitrogen and oxygen atoms in total. The van der Waals surface area contributed by atoms with Crippen LogP contribution in [0, 0.1) is 5.92 Å². The Morgan fingerprint density at radius 1 is 1.10 bits per heavy atom. The highest BCUT2D eigenvalue weighted by atomic mass is 16.6. The van der Waals surface area contributed by atoms with Gasteiger partial charge in [0.15, 0.2) is 0 Å². The summed E-state index contributed by atoms with van der Waals surface area (Å²) in [5.74, 6) is -0.510. The lowest BCUT2D eigenvalue weighted by atomic mass is 10.0. The van der Waals surface area contributed by atoms with E-state index in [1.807, 2.05) is 31.2 Å². The first kappa shape index (κ1) is 24.7. The third-order valence-corrected chi connectivity index (χ3v) is 4.95. The van der Waals surface area contributed by atoms with Gasteiger partial charge in [0.2, 0.25) is 0 Å². The minimum absolute atomic E-state index is 0.0686. The maximum atomic E-state index is 12.5. The lowest BCUT2D eigenvalue weighted by Gasteiger charge is -2.23. The summed E-state index contributed by atoms with van der Waals surface area (Å²) in [6, 6.07) is 6.92. The number of unbranched alkanes of at least 4 members (excludes halogenated alkanes) is 1. The lowest BCUT2D eigenvalue weighted by molar-refractivity contribution is -0.146. The molecule has 2 unspecified atom stereocenters. The second-order valence-electron chi connectivity index (χ2n) is 8.87. The van der Waals surface area contributed by atoms with Gasteiger partial charge in [0.25, 0.3) is 0 Å². The maximum absolute atomic E-state index is 12.5. The number of hydrogen-bond acceptors (Lipinski definition) is 6. The smallest absolute Gasteiger partial charge is 0.408 e. The molecule has 7 heteroatoms. The number of alkyl carbamates (subject to hydrolysis) is 1. The first-order valence-corrected chi connectivity index (χ1v) is 11.1. The van der Waals surface area contributed by atoms with Crippen LogP contribution in [-0.2, 0) is 30.2 Å². The molecule has 172 valence electrons. The molecule has 0 aliphatic heterocycles. The Labute approximate surface area is 184 Å². The molecular weight excluding hydrogens is 398 g/mol. The zero-order valence-electron chi connectivity index (χ0n) is 19.2. The number of rotatable bonds is 10. The highest BCUT2D eigenvalue weighted by Gasteiger charge is 2.45. The molecule has 0 bridgehead atoms.